The molecule has 0 aliphatic carbocycles. The minimum atomic E-state index is -0.0761. The first-order valence-electron chi connectivity index (χ1n) is 6.82. The summed E-state index contributed by atoms with van der Waals surface area (Å²) >= 11 is 12.1. The molecule has 1 amide bonds. The number of hydrogen-bond acceptors (Lipinski definition) is 1. The van der Waals surface area contributed by atoms with Crippen molar-refractivity contribution in [3.8, 4) is 0 Å². The van der Waals surface area contributed by atoms with Crippen molar-refractivity contribution in [1.29, 1.82) is 0 Å². The number of carbonyl (C=O) groups excluding carboxylic acids is 1. The number of carbonyl (C=O) groups is 1. The lowest BCUT2D eigenvalue weighted by Gasteiger charge is -2.13. The Bertz CT molecular complexity index is 593. The fourth-order valence-electron chi connectivity index (χ4n) is 2.09. The van der Waals surface area contributed by atoms with Crippen LogP contribution in [0.2, 0.25) is 10.0 Å². The summed E-state index contributed by atoms with van der Waals surface area (Å²) < 4.78 is 0. The highest BCUT2D eigenvalue weighted by Crippen LogP contribution is 2.24. The van der Waals surface area contributed by atoms with Crippen LogP contribution in [0.25, 0.3) is 0 Å². The molecule has 2 aromatic carbocycles. The predicted octanol–water partition coefficient (Wildman–Crippen LogP) is 4.46. The zero-order valence-corrected chi connectivity index (χ0v) is 13.3. The summed E-state index contributed by atoms with van der Waals surface area (Å²) in [5.74, 6) is 0.185. The highest BCUT2D eigenvalue weighted by Gasteiger charge is 2.12. The van der Waals surface area contributed by atoms with E-state index in [0.29, 0.717) is 22.2 Å². The second kappa shape index (κ2) is 7.48. The normalized spacial score (nSPS) is 12.0. The Labute approximate surface area is 135 Å². The molecule has 0 aliphatic rings. The summed E-state index contributed by atoms with van der Waals surface area (Å²) in [4.78, 5) is 12.0. The van der Waals surface area contributed by atoms with Gasteiger partial charge in [-0.1, -0.05) is 66.5 Å². The van der Waals surface area contributed by atoms with Gasteiger partial charge in [0.2, 0.25) is 5.91 Å². The summed E-state index contributed by atoms with van der Waals surface area (Å²) in [6.45, 7) is 2.67. The average Bonchev–Trinajstić information content (AvgIpc) is 2.49. The van der Waals surface area contributed by atoms with Gasteiger partial charge in [-0.05, 0) is 29.2 Å². The largest absolute Gasteiger partial charge is 0.355 e. The molecule has 2 rings (SSSR count). The molecule has 2 nitrogen and oxygen atoms in total. The number of amides is 1. The van der Waals surface area contributed by atoms with Gasteiger partial charge in [0.25, 0.3) is 0 Å². The maximum atomic E-state index is 12.0. The van der Waals surface area contributed by atoms with Crippen LogP contribution in [0.3, 0.4) is 0 Å². The maximum Gasteiger partial charge on any atom is 0.224 e. The lowest BCUT2D eigenvalue weighted by molar-refractivity contribution is -0.120. The Morgan fingerprint density at radius 3 is 2.29 bits per heavy atom. The molecule has 1 atom stereocenters. The van der Waals surface area contributed by atoms with Gasteiger partial charge >= 0.3 is 0 Å². The van der Waals surface area contributed by atoms with Gasteiger partial charge in [0, 0.05) is 16.6 Å². The first-order valence-corrected chi connectivity index (χ1v) is 7.58. The Kier molecular flexibility index (Phi) is 5.66. The standard InChI is InChI=1S/C17H17Cl2NO/c1-12(13-6-3-2-4-7-13)11-20-17(21)10-14-15(18)8-5-9-16(14)19/h2-9,12H,10-11H2,1H3,(H,20,21). The Balaban J connectivity index is 1.91. The molecular formula is C17H17Cl2NO. The average molecular weight is 322 g/mol. The highest BCUT2D eigenvalue weighted by molar-refractivity contribution is 6.36. The highest BCUT2D eigenvalue weighted by atomic mass is 35.5. The first-order chi connectivity index (χ1) is 10.1. The summed E-state index contributed by atoms with van der Waals surface area (Å²) in [6, 6.07) is 15.3. The quantitative estimate of drug-likeness (QED) is 0.865. The van der Waals surface area contributed by atoms with Crippen LogP contribution in [-0.2, 0) is 11.2 Å². The second-order valence-electron chi connectivity index (χ2n) is 4.99. The predicted molar refractivity (Wildman–Crippen MR) is 88.0 cm³/mol. The number of halogens is 2. The first kappa shape index (κ1) is 15.9. The zero-order valence-electron chi connectivity index (χ0n) is 11.8. The zero-order chi connectivity index (χ0) is 15.2. The summed E-state index contributed by atoms with van der Waals surface area (Å²) in [5.41, 5.74) is 1.87. The molecule has 21 heavy (non-hydrogen) atoms. The molecule has 110 valence electrons. The van der Waals surface area contributed by atoms with E-state index in [0.717, 1.165) is 0 Å². The smallest absolute Gasteiger partial charge is 0.224 e. The molecule has 1 N–H and O–H groups in total. The van der Waals surface area contributed by atoms with Gasteiger partial charge in [0.1, 0.15) is 0 Å². The third-order valence-corrected chi connectivity index (χ3v) is 4.08. The van der Waals surface area contributed by atoms with Crippen LogP contribution >= 0.6 is 23.2 Å². The molecule has 0 fully saturated rings. The molecule has 0 aliphatic heterocycles. The van der Waals surface area contributed by atoms with E-state index >= 15 is 0 Å². The van der Waals surface area contributed by atoms with Crippen LogP contribution in [-0.4, -0.2) is 12.5 Å². The minimum Gasteiger partial charge on any atom is -0.355 e. The van der Waals surface area contributed by atoms with Gasteiger partial charge in [-0.15, -0.1) is 0 Å². The van der Waals surface area contributed by atoms with Crippen molar-refractivity contribution in [2.45, 2.75) is 19.3 Å². The van der Waals surface area contributed by atoms with E-state index in [9.17, 15) is 4.79 Å². The summed E-state index contributed by atoms with van der Waals surface area (Å²) in [6.07, 6.45) is 0.194. The molecule has 0 saturated carbocycles. The van der Waals surface area contributed by atoms with Gasteiger partial charge in [-0.3, -0.25) is 4.79 Å². The molecule has 4 heteroatoms. The SMILES string of the molecule is CC(CNC(=O)Cc1c(Cl)cccc1Cl)c1ccccc1. The van der Waals surface area contributed by atoms with Crippen molar-refractivity contribution in [2.24, 2.45) is 0 Å². The van der Waals surface area contributed by atoms with Crippen LogP contribution in [0.4, 0.5) is 0 Å². The Morgan fingerprint density at radius 2 is 1.67 bits per heavy atom. The fourth-order valence-corrected chi connectivity index (χ4v) is 2.62. The van der Waals surface area contributed by atoms with Gasteiger partial charge in [-0.25, -0.2) is 0 Å². The topological polar surface area (TPSA) is 29.1 Å². The molecule has 1 unspecified atom stereocenters. The van der Waals surface area contributed by atoms with E-state index in [-0.39, 0.29) is 18.2 Å². The van der Waals surface area contributed by atoms with Crippen LogP contribution in [0, 0.1) is 0 Å². The van der Waals surface area contributed by atoms with E-state index in [1.165, 1.54) is 5.56 Å². The Morgan fingerprint density at radius 1 is 1.05 bits per heavy atom. The van der Waals surface area contributed by atoms with E-state index in [1.54, 1.807) is 18.2 Å². The van der Waals surface area contributed by atoms with Gasteiger partial charge in [-0.2, -0.15) is 0 Å². The molecule has 0 bridgehead atoms. The number of hydrogen-bond donors (Lipinski definition) is 1. The van der Waals surface area contributed by atoms with E-state index in [2.05, 4.69) is 24.4 Å². The molecule has 0 heterocycles. The van der Waals surface area contributed by atoms with E-state index < -0.39 is 0 Å². The van der Waals surface area contributed by atoms with E-state index in [1.807, 2.05) is 18.2 Å². The molecule has 0 spiro atoms. The summed E-state index contributed by atoms with van der Waals surface area (Å²) in [7, 11) is 0. The molecule has 2 aromatic rings. The van der Waals surface area contributed by atoms with Crippen molar-refractivity contribution in [3.63, 3.8) is 0 Å². The maximum absolute atomic E-state index is 12.0. The lowest BCUT2D eigenvalue weighted by atomic mass is 10.0. The third kappa shape index (κ3) is 4.48. The van der Waals surface area contributed by atoms with Gasteiger partial charge in [0.05, 0.1) is 6.42 Å². The molecule has 0 saturated heterocycles. The number of rotatable bonds is 5. The lowest BCUT2D eigenvalue weighted by Crippen LogP contribution is -2.29. The van der Waals surface area contributed by atoms with Gasteiger partial charge in [0.15, 0.2) is 0 Å². The van der Waals surface area contributed by atoms with Crippen molar-refractivity contribution in [2.75, 3.05) is 6.54 Å². The fraction of sp³-hybridized carbons (Fsp3) is 0.235. The van der Waals surface area contributed by atoms with Crippen molar-refractivity contribution < 1.29 is 4.79 Å². The molecule has 0 aromatic heterocycles. The van der Waals surface area contributed by atoms with Crippen molar-refractivity contribution in [3.05, 3.63) is 69.7 Å². The van der Waals surface area contributed by atoms with Crippen molar-refractivity contribution >= 4 is 29.1 Å². The Hall–Kier alpha value is -1.51. The number of nitrogens with one attached hydrogen (secondary N) is 1. The van der Waals surface area contributed by atoms with E-state index in [4.69, 9.17) is 23.2 Å². The third-order valence-electron chi connectivity index (χ3n) is 3.37. The van der Waals surface area contributed by atoms with Crippen molar-refractivity contribution in [1.82, 2.24) is 5.32 Å². The number of benzene rings is 2. The van der Waals surface area contributed by atoms with Gasteiger partial charge < -0.3 is 5.32 Å². The summed E-state index contributed by atoms with van der Waals surface area (Å²) in [5, 5.41) is 3.97. The van der Waals surface area contributed by atoms with Crippen LogP contribution in [0.15, 0.2) is 48.5 Å². The van der Waals surface area contributed by atoms with Crippen LogP contribution in [0.1, 0.15) is 24.0 Å². The van der Waals surface area contributed by atoms with Crippen LogP contribution < -0.4 is 5.32 Å². The monoisotopic (exact) mass is 321 g/mol. The second-order valence-corrected chi connectivity index (χ2v) is 5.81. The molecular weight excluding hydrogens is 305 g/mol. The van der Waals surface area contributed by atoms with Crippen LogP contribution in [0.5, 0.6) is 0 Å². The molecule has 0 radical (unpaired) electrons. The minimum absolute atomic E-state index is 0.0761.